The number of hydrogen-bond acceptors (Lipinski definition) is 3. The van der Waals surface area contributed by atoms with Crippen LogP contribution in [-0.4, -0.2) is 35.8 Å². The summed E-state index contributed by atoms with van der Waals surface area (Å²) in [6, 6.07) is 5.60. The molecule has 0 radical (unpaired) electrons. The van der Waals surface area contributed by atoms with Gasteiger partial charge >= 0.3 is 0 Å². The summed E-state index contributed by atoms with van der Waals surface area (Å²) in [5, 5.41) is 2.59. The van der Waals surface area contributed by atoms with Crippen LogP contribution in [0.15, 0.2) is 24.3 Å². The summed E-state index contributed by atoms with van der Waals surface area (Å²) >= 11 is 0. The Balaban J connectivity index is 2.05. The van der Waals surface area contributed by atoms with Crippen molar-refractivity contribution < 1.29 is 14.0 Å². The molecule has 1 fully saturated rings. The van der Waals surface area contributed by atoms with Gasteiger partial charge in [0.15, 0.2) is 0 Å². The van der Waals surface area contributed by atoms with E-state index in [4.69, 9.17) is 5.73 Å². The lowest BCUT2D eigenvalue weighted by atomic mass is 10.0. The highest BCUT2D eigenvalue weighted by molar-refractivity contribution is 5.87. The molecule has 0 aromatic heterocycles. The predicted molar refractivity (Wildman–Crippen MR) is 90.5 cm³/mol. The fraction of sp³-hybridized carbons (Fsp3) is 0.556. The number of rotatable bonds is 5. The van der Waals surface area contributed by atoms with Gasteiger partial charge in [0.05, 0.1) is 18.6 Å². The van der Waals surface area contributed by atoms with Gasteiger partial charge < -0.3 is 16.0 Å². The molecule has 2 amide bonds. The molecule has 0 bridgehead atoms. The minimum atomic E-state index is -0.641. The van der Waals surface area contributed by atoms with Gasteiger partial charge in [0.25, 0.3) is 0 Å². The Morgan fingerprint density at radius 3 is 2.67 bits per heavy atom. The second kappa shape index (κ2) is 7.75. The zero-order chi connectivity index (χ0) is 17.9. The molecule has 3 atom stereocenters. The van der Waals surface area contributed by atoms with Gasteiger partial charge in [0.1, 0.15) is 5.82 Å². The standard InChI is InChI=1S/C18H26FN3O2/c1-11(2)17(20)18(24)21-9-16(23)22-10-12(3)8-15(22)13-6-4-5-7-14(13)19/h4-7,11-12,15,17H,8-10,20H2,1-3H3,(H,21,24)/t12?,15?,17-/m0/s1. The van der Waals surface area contributed by atoms with Crippen molar-refractivity contribution in [1.82, 2.24) is 10.2 Å². The number of carbonyl (C=O) groups excluding carboxylic acids is 2. The van der Waals surface area contributed by atoms with E-state index in [9.17, 15) is 14.0 Å². The Kier molecular flexibility index (Phi) is 5.94. The molecular weight excluding hydrogens is 309 g/mol. The molecule has 0 spiro atoms. The van der Waals surface area contributed by atoms with E-state index in [0.717, 1.165) is 0 Å². The molecule has 1 heterocycles. The molecule has 3 N–H and O–H groups in total. The molecule has 1 aliphatic rings. The van der Waals surface area contributed by atoms with Gasteiger partial charge in [0.2, 0.25) is 11.8 Å². The highest BCUT2D eigenvalue weighted by Gasteiger charge is 2.35. The number of nitrogens with one attached hydrogen (secondary N) is 1. The zero-order valence-electron chi connectivity index (χ0n) is 14.5. The van der Waals surface area contributed by atoms with E-state index in [1.54, 1.807) is 23.1 Å². The SMILES string of the molecule is CC1CC(c2ccccc2F)N(C(=O)CNC(=O)[C@@H](N)C(C)C)C1. The summed E-state index contributed by atoms with van der Waals surface area (Å²) in [5.41, 5.74) is 6.30. The maximum Gasteiger partial charge on any atom is 0.242 e. The predicted octanol–water partition coefficient (Wildman–Crippen LogP) is 1.83. The number of amides is 2. The van der Waals surface area contributed by atoms with Crippen LogP contribution >= 0.6 is 0 Å². The van der Waals surface area contributed by atoms with Crippen LogP contribution < -0.4 is 11.1 Å². The lowest BCUT2D eigenvalue weighted by Gasteiger charge is -2.26. The van der Waals surface area contributed by atoms with Gasteiger partial charge in [0, 0.05) is 12.1 Å². The van der Waals surface area contributed by atoms with E-state index in [2.05, 4.69) is 5.32 Å². The van der Waals surface area contributed by atoms with Crippen molar-refractivity contribution in [2.24, 2.45) is 17.6 Å². The molecule has 1 aromatic rings. The van der Waals surface area contributed by atoms with Gasteiger partial charge in [-0.05, 0) is 24.3 Å². The molecular formula is C18H26FN3O2. The third kappa shape index (κ3) is 4.12. The second-order valence-corrected chi connectivity index (χ2v) is 6.91. The lowest BCUT2D eigenvalue weighted by molar-refractivity contribution is -0.134. The molecule has 0 aliphatic carbocycles. The summed E-state index contributed by atoms with van der Waals surface area (Å²) in [7, 11) is 0. The summed E-state index contributed by atoms with van der Waals surface area (Å²) in [6.45, 7) is 6.18. The topological polar surface area (TPSA) is 75.4 Å². The van der Waals surface area contributed by atoms with Crippen molar-refractivity contribution in [3.8, 4) is 0 Å². The van der Waals surface area contributed by atoms with E-state index < -0.39 is 6.04 Å². The first kappa shape index (κ1) is 18.4. The lowest BCUT2D eigenvalue weighted by Crippen LogP contribution is -2.47. The van der Waals surface area contributed by atoms with Crippen molar-refractivity contribution in [3.05, 3.63) is 35.6 Å². The molecule has 132 valence electrons. The van der Waals surface area contributed by atoms with Crippen LogP contribution in [-0.2, 0) is 9.59 Å². The monoisotopic (exact) mass is 335 g/mol. The van der Waals surface area contributed by atoms with Crippen LogP contribution in [0.2, 0.25) is 0 Å². The maximum atomic E-state index is 14.1. The summed E-state index contributed by atoms with van der Waals surface area (Å²) in [6.07, 6.45) is 0.714. The van der Waals surface area contributed by atoms with E-state index in [0.29, 0.717) is 18.5 Å². The fourth-order valence-corrected chi connectivity index (χ4v) is 3.05. The largest absolute Gasteiger partial charge is 0.346 e. The minimum Gasteiger partial charge on any atom is -0.346 e. The van der Waals surface area contributed by atoms with Crippen LogP contribution in [0.3, 0.4) is 0 Å². The molecule has 0 saturated carbocycles. The third-order valence-electron chi connectivity index (χ3n) is 4.53. The summed E-state index contributed by atoms with van der Waals surface area (Å²) < 4.78 is 14.1. The van der Waals surface area contributed by atoms with Gasteiger partial charge in [-0.1, -0.05) is 39.0 Å². The molecule has 1 aliphatic heterocycles. The van der Waals surface area contributed by atoms with Crippen molar-refractivity contribution in [1.29, 1.82) is 0 Å². The van der Waals surface area contributed by atoms with Gasteiger partial charge in [-0.2, -0.15) is 0 Å². The highest BCUT2D eigenvalue weighted by atomic mass is 19.1. The van der Waals surface area contributed by atoms with Crippen LogP contribution in [0, 0.1) is 17.7 Å². The van der Waals surface area contributed by atoms with Crippen LogP contribution in [0.25, 0.3) is 0 Å². The molecule has 6 heteroatoms. The van der Waals surface area contributed by atoms with Crippen molar-refractivity contribution >= 4 is 11.8 Å². The van der Waals surface area contributed by atoms with Gasteiger partial charge in [-0.3, -0.25) is 9.59 Å². The van der Waals surface area contributed by atoms with Crippen LogP contribution in [0.1, 0.15) is 38.8 Å². The molecule has 5 nitrogen and oxygen atoms in total. The Morgan fingerprint density at radius 1 is 1.38 bits per heavy atom. The quantitative estimate of drug-likeness (QED) is 0.862. The first-order valence-electron chi connectivity index (χ1n) is 8.38. The smallest absolute Gasteiger partial charge is 0.242 e. The van der Waals surface area contributed by atoms with Gasteiger partial charge in [-0.15, -0.1) is 0 Å². The number of nitrogens with two attached hydrogens (primary N) is 1. The first-order valence-corrected chi connectivity index (χ1v) is 8.38. The molecule has 2 rings (SSSR count). The van der Waals surface area contributed by atoms with E-state index in [1.807, 2.05) is 20.8 Å². The second-order valence-electron chi connectivity index (χ2n) is 6.91. The maximum absolute atomic E-state index is 14.1. The normalized spacial score (nSPS) is 21.8. The Hall–Kier alpha value is -1.95. The molecule has 1 saturated heterocycles. The summed E-state index contributed by atoms with van der Waals surface area (Å²) in [5.74, 6) is -0.574. The Labute approximate surface area is 142 Å². The van der Waals surface area contributed by atoms with E-state index in [-0.39, 0.29) is 42.1 Å². The van der Waals surface area contributed by atoms with Crippen molar-refractivity contribution in [2.75, 3.05) is 13.1 Å². The number of carbonyl (C=O) groups is 2. The minimum absolute atomic E-state index is 0.00178. The molecule has 2 unspecified atom stereocenters. The number of nitrogens with zero attached hydrogens (tertiary/aromatic N) is 1. The number of benzene rings is 1. The molecule has 1 aromatic carbocycles. The number of likely N-dealkylation sites (tertiary alicyclic amines) is 1. The van der Waals surface area contributed by atoms with Crippen molar-refractivity contribution in [3.63, 3.8) is 0 Å². The first-order chi connectivity index (χ1) is 11.3. The summed E-state index contributed by atoms with van der Waals surface area (Å²) in [4.78, 5) is 26.1. The average Bonchev–Trinajstić information content (AvgIpc) is 2.93. The fourth-order valence-electron chi connectivity index (χ4n) is 3.05. The van der Waals surface area contributed by atoms with Crippen molar-refractivity contribution in [2.45, 2.75) is 39.3 Å². The van der Waals surface area contributed by atoms with E-state index >= 15 is 0 Å². The van der Waals surface area contributed by atoms with Gasteiger partial charge in [-0.25, -0.2) is 4.39 Å². The highest BCUT2D eigenvalue weighted by Crippen LogP contribution is 2.36. The molecule has 24 heavy (non-hydrogen) atoms. The average molecular weight is 335 g/mol. The zero-order valence-corrected chi connectivity index (χ0v) is 14.5. The van der Waals surface area contributed by atoms with Crippen LogP contribution in [0.5, 0.6) is 0 Å². The van der Waals surface area contributed by atoms with E-state index in [1.165, 1.54) is 6.07 Å². The number of hydrogen-bond donors (Lipinski definition) is 2. The Morgan fingerprint density at radius 2 is 2.04 bits per heavy atom. The Bertz CT molecular complexity index is 606. The van der Waals surface area contributed by atoms with Crippen LogP contribution in [0.4, 0.5) is 4.39 Å². The number of halogens is 1. The third-order valence-corrected chi connectivity index (χ3v) is 4.53.